The molecule has 0 aromatic heterocycles. The van der Waals surface area contributed by atoms with E-state index in [0.717, 1.165) is 11.3 Å². The minimum Gasteiger partial charge on any atom is -0.398 e. The van der Waals surface area contributed by atoms with Gasteiger partial charge in [-0.2, -0.15) is 11.8 Å². The summed E-state index contributed by atoms with van der Waals surface area (Å²) < 4.78 is 0. The van der Waals surface area contributed by atoms with Gasteiger partial charge in [-0.25, -0.2) is 0 Å². The van der Waals surface area contributed by atoms with Crippen molar-refractivity contribution in [2.75, 3.05) is 17.7 Å². The number of amides is 1. The van der Waals surface area contributed by atoms with Gasteiger partial charge in [-0.1, -0.05) is 6.07 Å². The molecule has 0 saturated heterocycles. The molecule has 1 unspecified atom stereocenters. The molecule has 1 atom stereocenters. The van der Waals surface area contributed by atoms with E-state index in [1.807, 2.05) is 26.2 Å². The van der Waals surface area contributed by atoms with Crippen molar-refractivity contribution < 1.29 is 4.79 Å². The van der Waals surface area contributed by atoms with Crippen LogP contribution < -0.4 is 11.1 Å². The number of hydrogen-bond acceptors (Lipinski definition) is 3. The summed E-state index contributed by atoms with van der Waals surface area (Å²) in [5.41, 5.74) is 8.04. The van der Waals surface area contributed by atoms with Gasteiger partial charge in [0.05, 0.1) is 0 Å². The molecule has 88 valence electrons. The second-order valence-corrected chi connectivity index (χ2v) is 4.81. The van der Waals surface area contributed by atoms with Crippen LogP contribution >= 0.6 is 11.8 Å². The third-order valence-electron chi connectivity index (χ3n) is 2.34. The zero-order valence-corrected chi connectivity index (χ0v) is 10.7. The van der Waals surface area contributed by atoms with Crippen molar-refractivity contribution in [1.82, 2.24) is 5.32 Å². The van der Waals surface area contributed by atoms with E-state index in [-0.39, 0.29) is 11.9 Å². The lowest BCUT2D eigenvalue weighted by atomic mass is 10.1. The van der Waals surface area contributed by atoms with Gasteiger partial charge in [-0.15, -0.1) is 0 Å². The first-order valence-electron chi connectivity index (χ1n) is 5.20. The minimum atomic E-state index is -0.0618. The Morgan fingerprint density at radius 2 is 2.25 bits per heavy atom. The van der Waals surface area contributed by atoms with Gasteiger partial charge in [0.1, 0.15) is 0 Å². The SMILES string of the molecule is CSCC(C)NC(=O)c1ccc(C)c(N)c1. The molecular formula is C12H18N2OS. The van der Waals surface area contributed by atoms with Crippen LogP contribution in [0.25, 0.3) is 0 Å². The van der Waals surface area contributed by atoms with Crippen LogP contribution in [-0.4, -0.2) is 24.0 Å². The number of aryl methyl sites for hydroxylation is 1. The molecule has 0 aliphatic heterocycles. The van der Waals surface area contributed by atoms with Gasteiger partial charge in [-0.3, -0.25) is 4.79 Å². The van der Waals surface area contributed by atoms with Crippen LogP contribution in [0.2, 0.25) is 0 Å². The monoisotopic (exact) mass is 238 g/mol. The highest BCUT2D eigenvalue weighted by atomic mass is 32.2. The zero-order valence-electron chi connectivity index (χ0n) is 9.91. The molecule has 1 rings (SSSR count). The molecule has 0 radical (unpaired) electrons. The number of hydrogen-bond donors (Lipinski definition) is 2. The fourth-order valence-corrected chi connectivity index (χ4v) is 1.96. The molecule has 1 aromatic carbocycles. The number of benzene rings is 1. The van der Waals surface area contributed by atoms with E-state index in [2.05, 4.69) is 5.32 Å². The van der Waals surface area contributed by atoms with Crippen LogP contribution in [0.3, 0.4) is 0 Å². The Balaban J connectivity index is 2.69. The smallest absolute Gasteiger partial charge is 0.251 e. The van der Waals surface area contributed by atoms with E-state index in [1.165, 1.54) is 0 Å². The van der Waals surface area contributed by atoms with Crippen molar-refractivity contribution in [3.63, 3.8) is 0 Å². The lowest BCUT2D eigenvalue weighted by Crippen LogP contribution is -2.34. The number of carbonyl (C=O) groups is 1. The molecule has 1 aromatic rings. The topological polar surface area (TPSA) is 55.1 Å². The average molecular weight is 238 g/mol. The summed E-state index contributed by atoms with van der Waals surface area (Å²) in [6.45, 7) is 3.92. The number of nitrogens with two attached hydrogens (primary N) is 1. The Morgan fingerprint density at radius 1 is 1.56 bits per heavy atom. The molecule has 0 aliphatic carbocycles. The predicted molar refractivity (Wildman–Crippen MR) is 70.9 cm³/mol. The molecule has 0 saturated carbocycles. The Labute approximate surface area is 101 Å². The zero-order chi connectivity index (χ0) is 12.1. The maximum atomic E-state index is 11.8. The van der Waals surface area contributed by atoms with Gasteiger partial charge < -0.3 is 11.1 Å². The summed E-state index contributed by atoms with van der Waals surface area (Å²) >= 11 is 1.71. The molecule has 1 amide bonds. The maximum absolute atomic E-state index is 11.8. The minimum absolute atomic E-state index is 0.0618. The van der Waals surface area contributed by atoms with Crippen molar-refractivity contribution in [3.8, 4) is 0 Å². The molecule has 3 nitrogen and oxygen atoms in total. The third kappa shape index (κ3) is 3.45. The summed E-state index contributed by atoms with van der Waals surface area (Å²) in [6, 6.07) is 5.55. The summed E-state index contributed by atoms with van der Waals surface area (Å²) in [6.07, 6.45) is 2.02. The fraction of sp³-hybridized carbons (Fsp3) is 0.417. The molecule has 0 aliphatic rings. The summed E-state index contributed by atoms with van der Waals surface area (Å²) in [4.78, 5) is 11.8. The van der Waals surface area contributed by atoms with E-state index >= 15 is 0 Å². The van der Waals surface area contributed by atoms with Gasteiger partial charge in [0, 0.05) is 23.0 Å². The lowest BCUT2D eigenvalue weighted by molar-refractivity contribution is 0.0944. The van der Waals surface area contributed by atoms with Gasteiger partial charge in [0.15, 0.2) is 0 Å². The van der Waals surface area contributed by atoms with Crippen LogP contribution in [-0.2, 0) is 0 Å². The quantitative estimate of drug-likeness (QED) is 0.789. The van der Waals surface area contributed by atoms with Crippen LogP contribution in [0, 0.1) is 6.92 Å². The standard InChI is InChI=1S/C12H18N2OS/c1-8-4-5-10(6-11(8)13)12(15)14-9(2)7-16-3/h4-6,9H,7,13H2,1-3H3,(H,14,15). The third-order valence-corrected chi connectivity index (χ3v) is 3.17. The van der Waals surface area contributed by atoms with Gasteiger partial charge in [0.2, 0.25) is 0 Å². The number of nitrogen functional groups attached to an aromatic ring is 1. The van der Waals surface area contributed by atoms with E-state index < -0.39 is 0 Å². The first-order valence-corrected chi connectivity index (χ1v) is 6.60. The molecular weight excluding hydrogens is 220 g/mol. The van der Waals surface area contributed by atoms with Gasteiger partial charge >= 0.3 is 0 Å². The number of carbonyl (C=O) groups excluding carboxylic acids is 1. The van der Waals surface area contributed by atoms with Crippen molar-refractivity contribution in [1.29, 1.82) is 0 Å². The van der Waals surface area contributed by atoms with Crippen molar-refractivity contribution in [2.45, 2.75) is 19.9 Å². The molecule has 4 heteroatoms. The Morgan fingerprint density at radius 3 is 2.81 bits per heavy atom. The maximum Gasteiger partial charge on any atom is 0.251 e. The van der Waals surface area contributed by atoms with Crippen LogP contribution in [0.1, 0.15) is 22.8 Å². The Bertz CT molecular complexity index is 379. The molecule has 16 heavy (non-hydrogen) atoms. The Hall–Kier alpha value is -1.16. The molecule has 0 bridgehead atoms. The Kier molecular flexibility index (Phi) is 4.68. The lowest BCUT2D eigenvalue weighted by Gasteiger charge is -2.13. The van der Waals surface area contributed by atoms with E-state index in [4.69, 9.17) is 5.73 Å². The number of nitrogens with one attached hydrogen (secondary N) is 1. The van der Waals surface area contributed by atoms with E-state index in [1.54, 1.807) is 23.9 Å². The van der Waals surface area contributed by atoms with Crippen molar-refractivity contribution >= 4 is 23.4 Å². The van der Waals surface area contributed by atoms with Crippen LogP contribution in [0.15, 0.2) is 18.2 Å². The second-order valence-electron chi connectivity index (χ2n) is 3.90. The number of thioether (sulfide) groups is 1. The van der Waals surface area contributed by atoms with Crippen LogP contribution in [0.4, 0.5) is 5.69 Å². The molecule has 3 N–H and O–H groups in total. The van der Waals surface area contributed by atoms with E-state index in [9.17, 15) is 4.79 Å². The largest absolute Gasteiger partial charge is 0.398 e. The first kappa shape index (κ1) is 12.9. The number of anilines is 1. The number of rotatable bonds is 4. The summed E-state index contributed by atoms with van der Waals surface area (Å²) in [5, 5.41) is 2.93. The van der Waals surface area contributed by atoms with E-state index in [0.29, 0.717) is 11.3 Å². The summed E-state index contributed by atoms with van der Waals surface area (Å²) in [5.74, 6) is 0.848. The normalized spacial score (nSPS) is 12.2. The molecule has 0 spiro atoms. The van der Waals surface area contributed by atoms with Gasteiger partial charge in [-0.05, 0) is 37.8 Å². The van der Waals surface area contributed by atoms with Crippen molar-refractivity contribution in [2.24, 2.45) is 0 Å². The van der Waals surface area contributed by atoms with Crippen molar-refractivity contribution in [3.05, 3.63) is 29.3 Å². The van der Waals surface area contributed by atoms with Crippen LogP contribution in [0.5, 0.6) is 0 Å². The molecule has 0 fully saturated rings. The average Bonchev–Trinajstić information content (AvgIpc) is 2.22. The van der Waals surface area contributed by atoms with Gasteiger partial charge in [0.25, 0.3) is 5.91 Å². The predicted octanol–water partition coefficient (Wildman–Crippen LogP) is 2.06. The fourth-order valence-electron chi connectivity index (χ4n) is 1.38. The second kappa shape index (κ2) is 5.80. The highest BCUT2D eigenvalue weighted by Crippen LogP contribution is 2.13. The highest BCUT2D eigenvalue weighted by molar-refractivity contribution is 7.98. The first-order chi connectivity index (χ1) is 7.54. The molecule has 0 heterocycles. The highest BCUT2D eigenvalue weighted by Gasteiger charge is 2.09. The summed E-state index contributed by atoms with van der Waals surface area (Å²) in [7, 11) is 0.